The average molecular weight is 450 g/mol. The Morgan fingerprint density at radius 1 is 0.939 bits per heavy atom. The van der Waals surface area contributed by atoms with Crippen LogP contribution in [0.4, 0.5) is 0 Å². The summed E-state index contributed by atoms with van der Waals surface area (Å²) in [6.07, 6.45) is 9.90. The van der Waals surface area contributed by atoms with Crippen LogP contribution in [0.2, 0.25) is 0 Å². The fraction of sp³-hybridized carbons (Fsp3) is 0.429. The molecule has 0 aliphatic heterocycles. The van der Waals surface area contributed by atoms with Crippen LogP contribution >= 0.6 is 0 Å². The van der Waals surface area contributed by atoms with E-state index in [1.165, 1.54) is 6.42 Å². The third kappa shape index (κ3) is 7.48. The van der Waals surface area contributed by atoms with Crippen LogP contribution in [0.1, 0.15) is 51.0 Å². The number of aliphatic carboxylic acids is 2. The number of hydrogen-bond donors (Lipinski definition) is 3. The summed E-state index contributed by atoms with van der Waals surface area (Å²) < 4.78 is 0. The van der Waals surface area contributed by atoms with Crippen molar-refractivity contribution in [3.63, 3.8) is 0 Å². The van der Waals surface area contributed by atoms with E-state index in [9.17, 15) is 19.8 Å². The van der Waals surface area contributed by atoms with Crippen molar-refractivity contribution < 1.29 is 19.8 Å². The summed E-state index contributed by atoms with van der Waals surface area (Å²) in [6, 6.07) is 18.4. The van der Waals surface area contributed by atoms with Crippen LogP contribution in [0.5, 0.6) is 0 Å². The van der Waals surface area contributed by atoms with E-state index in [1.54, 1.807) is 19.2 Å². The van der Waals surface area contributed by atoms with Gasteiger partial charge in [-0.25, -0.2) is 0 Å². The Balaban J connectivity index is 1.68. The second-order valence-electron chi connectivity index (χ2n) is 9.23. The highest BCUT2D eigenvalue weighted by molar-refractivity contribution is 5.72. The van der Waals surface area contributed by atoms with E-state index in [0.717, 1.165) is 42.4 Å². The van der Waals surface area contributed by atoms with Crippen LogP contribution in [0.3, 0.4) is 0 Å². The zero-order chi connectivity index (χ0) is 23.6. The van der Waals surface area contributed by atoms with Gasteiger partial charge in [0, 0.05) is 6.04 Å². The van der Waals surface area contributed by atoms with Crippen LogP contribution in [-0.4, -0.2) is 28.2 Å². The Bertz CT molecular complexity index is 917. The molecule has 3 atom stereocenters. The molecule has 0 radical (unpaired) electrons. The lowest BCUT2D eigenvalue weighted by molar-refractivity contribution is -0.142. The number of carboxylic acid groups (broad SMARTS) is 2. The largest absolute Gasteiger partial charge is 0.481 e. The summed E-state index contributed by atoms with van der Waals surface area (Å²) in [7, 11) is 0. The SMILES string of the molecule is C[C@@H](C[C@@H](Cc1ccc(-c2ccccc2)cc1)NC=C[C@@H](C(=O)O)C1CCCCC1)C(=O)O. The maximum atomic E-state index is 11.8. The molecule has 0 amide bonds. The molecule has 2 aromatic carbocycles. The quantitative estimate of drug-likeness (QED) is 0.406. The van der Waals surface area contributed by atoms with Gasteiger partial charge in [0.05, 0.1) is 11.8 Å². The van der Waals surface area contributed by atoms with E-state index in [-0.39, 0.29) is 12.0 Å². The van der Waals surface area contributed by atoms with Crippen molar-refractivity contribution in [1.82, 2.24) is 5.32 Å². The summed E-state index contributed by atoms with van der Waals surface area (Å²) >= 11 is 0. The first-order chi connectivity index (χ1) is 15.9. The molecule has 1 fully saturated rings. The molecule has 33 heavy (non-hydrogen) atoms. The highest BCUT2D eigenvalue weighted by Gasteiger charge is 2.27. The minimum Gasteiger partial charge on any atom is -0.481 e. The number of rotatable bonds is 11. The Morgan fingerprint density at radius 2 is 1.58 bits per heavy atom. The van der Waals surface area contributed by atoms with Gasteiger partial charge >= 0.3 is 11.9 Å². The van der Waals surface area contributed by atoms with Gasteiger partial charge in [-0.3, -0.25) is 9.59 Å². The van der Waals surface area contributed by atoms with E-state index in [1.807, 2.05) is 18.2 Å². The predicted octanol–water partition coefficient (Wildman–Crippen LogP) is 5.76. The van der Waals surface area contributed by atoms with Gasteiger partial charge in [0.2, 0.25) is 0 Å². The molecule has 0 unspecified atom stereocenters. The van der Waals surface area contributed by atoms with Gasteiger partial charge < -0.3 is 15.5 Å². The lowest BCUT2D eigenvalue weighted by atomic mass is 9.80. The van der Waals surface area contributed by atoms with Crippen LogP contribution in [0.15, 0.2) is 66.9 Å². The topological polar surface area (TPSA) is 86.6 Å². The molecule has 176 valence electrons. The Hall–Kier alpha value is -3.08. The summed E-state index contributed by atoms with van der Waals surface area (Å²) in [4.78, 5) is 23.3. The first-order valence-electron chi connectivity index (χ1n) is 12.0. The zero-order valence-corrected chi connectivity index (χ0v) is 19.3. The Morgan fingerprint density at radius 3 is 2.18 bits per heavy atom. The Labute approximate surface area is 196 Å². The zero-order valence-electron chi connectivity index (χ0n) is 19.3. The molecular weight excluding hydrogens is 414 g/mol. The van der Waals surface area contributed by atoms with Gasteiger partial charge in [-0.2, -0.15) is 0 Å². The molecule has 5 heteroatoms. The fourth-order valence-corrected chi connectivity index (χ4v) is 4.72. The van der Waals surface area contributed by atoms with Crippen LogP contribution in [0, 0.1) is 17.8 Å². The second kappa shape index (κ2) is 12.2. The molecule has 1 saturated carbocycles. The number of carbonyl (C=O) groups is 2. The van der Waals surface area contributed by atoms with E-state index in [4.69, 9.17) is 0 Å². The molecule has 0 saturated heterocycles. The molecule has 0 bridgehead atoms. The van der Waals surface area contributed by atoms with E-state index in [0.29, 0.717) is 12.8 Å². The standard InChI is InChI=1S/C28H35NO4/c1-20(27(30)31)18-25(29-17-16-26(28(32)33)24-10-6-3-7-11-24)19-21-12-14-23(15-13-21)22-8-4-2-5-9-22/h2,4-5,8-9,12-17,20,24-26,29H,3,6-7,10-11,18-19H2,1H3,(H,30,31)(H,32,33)/t20-,25-,26+/m0/s1. The molecule has 0 heterocycles. The molecule has 0 aromatic heterocycles. The van der Waals surface area contributed by atoms with Crippen molar-refractivity contribution in [2.75, 3.05) is 0 Å². The summed E-state index contributed by atoms with van der Waals surface area (Å²) in [5, 5.41) is 22.4. The van der Waals surface area contributed by atoms with Crippen LogP contribution < -0.4 is 5.32 Å². The smallest absolute Gasteiger partial charge is 0.310 e. The number of hydrogen-bond acceptors (Lipinski definition) is 3. The summed E-state index contributed by atoms with van der Waals surface area (Å²) in [5.41, 5.74) is 3.41. The van der Waals surface area contributed by atoms with Gasteiger partial charge in [0.25, 0.3) is 0 Å². The first-order valence-corrected chi connectivity index (χ1v) is 12.0. The number of benzene rings is 2. The average Bonchev–Trinajstić information content (AvgIpc) is 2.83. The second-order valence-corrected chi connectivity index (χ2v) is 9.23. The van der Waals surface area contributed by atoms with Crippen molar-refractivity contribution in [1.29, 1.82) is 0 Å². The normalized spacial score (nSPS) is 17.4. The maximum Gasteiger partial charge on any atom is 0.310 e. The van der Waals surface area contributed by atoms with Crippen molar-refractivity contribution in [2.45, 2.75) is 57.9 Å². The molecular formula is C28H35NO4. The molecule has 3 rings (SSSR count). The van der Waals surface area contributed by atoms with Crippen LogP contribution in [-0.2, 0) is 16.0 Å². The first kappa shape index (κ1) is 24.6. The highest BCUT2D eigenvalue weighted by Crippen LogP contribution is 2.31. The van der Waals surface area contributed by atoms with Gasteiger partial charge in [-0.1, -0.05) is 86.9 Å². The predicted molar refractivity (Wildman–Crippen MR) is 131 cm³/mol. The minimum absolute atomic E-state index is 0.101. The van der Waals surface area contributed by atoms with E-state index >= 15 is 0 Å². The van der Waals surface area contributed by atoms with E-state index in [2.05, 4.69) is 41.7 Å². The van der Waals surface area contributed by atoms with Crippen molar-refractivity contribution >= 4 is 11.9 Å². The van der Waals surface area contributed by atoms with E-state index < -0.39 is 23.8 Å². The van der Waals surface area contributed by atoms with Gasteiger partial charge in [0.1, 0.15) is 0 Å². The molecule has 5 nitrogen and oxygen atoms in total. The minimum atomic E-state index is -0.823. The number of carboxylic acids is 2. The van der Waals surface area contributed by atoms with Gasteiger partial charge in [0.15, 0.2) is 0 Å². The van der Waals surface area contributed by atoms with Crippen molar-refractivity contribution in [2.24, 2.45) is 17.8 Å². The highest BCUT2D eigenvalue weighted by atomic mass is 16.4. The molecule has 3 N–H and O–H groups in total. The lowest BCUT2D eigenvalue weighted by Gasteiger charge is -2.26. The van der Waals surface area contributed by atoms with Gasteiger partial charge in [-0.05, 0) is 54.5 Å². The third-order valence-electron chi connectivity index (χ3n) is 6.68. The lowest BCUT2D eigenvalue weighted by Crippen LogP contribution is -2.31. The third-order valence-corrected chi connectivity index (χ3v) is 6.68. The molecule has 0 spiro atoms. The van der Waals surface area contributed by atoms with Crippen LogP contribution in [0.25, 0.3) is 11.1 Å². The number of nitrogens with one attached hydrogen (secondary N) is 1. The summed E-state index contributed by atoms with van der Waals surface area (Å²) in [6.45, 7) is 1.71. The molecule has 2 aromatic rings. The van der Waals surface area contributed by atoms with Gasteiger partial charge in [-0.15, -0.1) is 0 Å². The maximum absolute atomic E-state index is 11.8. The van der Waals surface area contributed by atoms with Crippen molar-refractivity contribution in [3.05, 3.63) is 72.4 Å². The molecule has 1 aliphatic carbocycles. The van der Waals surface area contributed by atoms with Crippen molar-refractivity contribution in [3.8, 4) is 11.1 Å². The summed E-state index contributed by atoms with van der Waals surface area (Å²) in [5.74, 6) is -2.42. The monoisotopic (exact) mass is 449 g/mol. The fourth-order valence-electron chi connectivity index (χ4n) is 4.72. The molecule has 1 aliphatic rings. The Kier molecular flexibility index (Phi) is 9.11.